The summed E-state index contributed by atoms with van der Waals surface area (Å²) in [6, 6.07) is 0. The van der Waals surface area contributed by atoms with Gasteiger partial charge < -0.3 is 9.96 Å². The molecule has 1 aliphatic carbocycles. The summed E-state index contributed by atoms with van der Waals surface area (Å²) in [7, 11) is 5.25. The maximum atomic E-state index is 5.66. The van der Waals surface area contributed by atoms with Gasteiger partial charge in [0.25, 0.3) is 0 Å². The van der Waals surface area contributed by atoms with Gasteiger partial charge >= 0.3 is 0 Å². The molecule has 11 heavy (non-hydrogen) atoms. The Hall–Kier alpha value is 0.335. The number of hydrogen-bond donors (Lipinski definition) is 2. The molecule has 0 aromatic heterocycles. The van der Waals surface area contributed by atoms with Crippen LogP contribution in [0.4, 0.5) is 0 Å². The molecule has 3 fully saturated rings. The van der Waals surface area contributed by atoms with Gasteiger partial charge in [-0.1, -0.05) is 0 Å². The molecule has 4 heteroatoms. The summed E-state index contributed by atoms with van der Waals surface area (Å²) in [5.41, 5.74) is 0.456. The summed E-state index contributed by atoms with van der Waals surface area (Å²) in [4.78, 5) is 0. The van der Waals surface area contributed by atoms with Crippen LogP contribution >= 0.6 is 12.6 Å². The Morgan fingerprint density at radius 3 is 2.73 bits per heavy atom. The first-order valence-corrected chi connectivity index (χ1v) is 4.56. The normalized spacial score (nSPS) is 47.4. The van der Waals surface area contributed by atoms with Gasteiger partial charge in [0, 0.05) is 12.0 Å². The van der Waals surface area contributed by atoms with E-state index in [1.807, 2.05) is 0 Å². The number of fused-ring (bicyclic) bond motifs is 1. The molecule has 2 aliphatic heterocycles. The first-order chi connectivity index (χ1) is 5.24. The van der Waals surface area contributed by atoms with Crippen molar-refractivity contribution < 1.29 is 4.74 Å². The van der Waals surface area contributed by atoms with Crippen molar-refractivity contribution in [2.24, 2.45) is 5.41 Å². The Balaban J connectivity index is 1.97. The number of hydrogen-bond acceptors (Lipinski definition) is 3. The average Bonchev–Trinajstić information content (AvgIpc) is 2.43. The van der Waals surface area contributed by atoms with E-state index in [9.17, 15) is 0 Å². The summed E-state index contributed by atoms with van der Waals surface area (Å²) < 4.78 is 5.66. The molecule has 0 unspecified atom stereocenters. The fourth-order valence-electron chi connectivity index (χ4n) is 2.34. The minimum Gasteiger partial charge on any atom is -0.373 e. The Labute approximate surface area is 73.9 Å². The van der Waals surface area contributed by atoms with E-state index in [-0.39, 0.29) is 5.60 Å². The van der Waals surface area contributed by atoms with E-state index in [0.717, 1.165) is 31.7 Å². The summed E-state index contributed by atoms with van der Waals surface area (Å²) in [6.45, 7) is 1.65. The van der Waals surface area contributed by atoms with E-state index in [2.05, 4.69) is 17.9 Å². The van der Waals surface area contributed by atoms with Gasteiger partial charge in [0.15, 0.2) is 7.98 Å². The summed E-state index contributed by atoms with van der Waals surface area (Å²) in [6.07, 6.45) is 2.27. The summed E-state index contributed by atoms with van der Waals surface area (Å²) in [5, 5.41) is 2.68. The molecule has 2 heterocycles. The van der Waals surface area contributed by atoms with Crippen LogP contribution < -0.4 is 5.23 Å². The van der Waals surface area contributed by atoms with Gasteiger partial charge in [0.05, 0.1) is 12.2 Å². The van der Waals surface area contributed by atoms with Crippen LogP contribution in [0, 0.1) is 5.41 Å². The van der Waals surface area contributed by atoms with Crippen molar-refractivity contribution in [1.29, 1.82) is 0 Å². The van der Waals surface area contributed by atoms with Gasteiger partial charge in [-0.15, -0.1) is 0 Å². The second kappa shape index (κ2) is 2.41. The molecule has 0 spiro atoms. The van der Waals surface area contributed by atoms with E-state index in [4.69, 9.17) is 12.7 Å². The second-order valence-electron chi connectivity index (χ2n) is 3.86. The lowest BCUT2D eigenvalue weighted by Crippen LogP contribution is -2.50. The number of nitrogens with one attached hydrogen (secondary N) is 1. The Morgan fingerprint density at radius 2 is 2.27 bits per heavy atom. The van der Waals surface area contributed by atoms with Gasteiger partial charge in [-0.25, -0.2) is 0 Å². The van der Waals surface area contributed by atoms with Crippen molar-refractivity contribution in [3.63, 3.8) is 0 Å². The summed E-state index contributed by atoms with van der Waals surface area (Å²) in [5.74, 6) is 0.944. The highest BCUT2D eigenvalue weighted by Crippen LogP contribution is 2.57. The van der Waals surface area contributed by atoms with Crippen LogP contribution in [0.1, 0.15) is 12.8 Å². The molecule has 0 aromatic rings. The third kappa shape index (κ3) is 1.04. The average molecular weight is 169 g/mol. The van der Waals surface area contributed by atoms with Crippen LogP contribution in [0.3, 0.4) is 0 Å². The number of rotatable bonds is 3. The molecule has 0 atom stereocenters. The predicted octanol–water partition coefficient (Wildman–Crippen LogP) is 0.138. The minimum atomic E-state index is 0.0669. The lowest BCUT2D eigenvalue weighted by molar-refractivity contribution is -0.00470. The Kier molecular flexibility index (Phi) is 1.74. The fourth-order valence-corrected chi connectivity index (χ4v) is 2.66. The largest absolute Gasteiger partial charge is 0.373 e. The zero-order valence-corrected chi connectivity index (χ0v) is 7.36. The molecule has 1 N–H and O–H groups in total. The van der Waals surface area contributed by atoms with Crippen LogP contribution in [-0.2, 0) is 4.74 Å². The van der Waals surface area contributed by atoms with Crippen molar-refractivity contribution in [2.45, 2.75) is 18.4 Å². The number of ether oxygens (including phenoxy) is 1. The van der Waals surface area contributed by atoms with E-state index in [0.29, 0.717) is 5.41 Å². The van der Waals surface area contributed by atoms with Crippen LogP contribution in [0.5, 0.6) is 0 Å². The quantitative estimate of drug-likeness (QED) is 0.463. The van der Waals surface area contributed by atoms with Gasteiger partial charge in [-0.05, 0) is 18.6 Å². The molecule has 2 radical (unpaired) electrons. The standard InChI is InChI=1S/C7H12BNOS/c8-9-3-7-1-6(2-7,5-11)4-10-7/h9,11H,1-5H2. The molecular formula is C7H12BNOS. The van der Waals surface area contributed by atoms with Gasteiger partial charge in [-0.2, -0.15) is 12.6 Å². The highest BCUT2D eigenvalue weighted by atomic mass is 32.1. The topological polar surface area (TPSA) is 21.3 Å². The predicted molar refractivity (Wildman–Crippen MR) is 48.0 cm³/mol. The summed E-state index contributed by atoms with van der Waals surface area (Å²) >= 11 is 4.31. The molecule has 2 bridgehead atoms. The van der Waals surface area contributed by atoms with Crippen LogP contribution in [0.15, 0.2) is 0 Å². The fraction of sp³-hybridized carbons (Fsp3) is 1.00. The monoisotopic (exact) mass is 169 g/mol. The van der Waals surface area contributed by atoms with E-state index < -0.39 is 0 Å². The van der Waals surface area contributed by atoms with Crippen molar-refractivity contribution >= 4 is 20.6 Å². The Bertz CT molecular complexity index is 170. The molecule has 3 rings (SSSR count). The van der Waals surface area contributed by atoms with Crippen LogP contribution in [0.2, 0.25) is 0 Å². The Morgan fingerprint density at radius 1 is 1.55 bits per heavy atom. The molecule has 2 nitrogen and oxygen atoms in total. The molecule has 1 saturated carbocycles. The van der Waals surface area contributed by atoms with Crippen molar-refractivity contribution in [1.82, 2.24) is 5.23 Å². The zero-order valence-electron chi connectivity index (χ0n) is 6.47. The van der Waals surface area contributed by atoms with Gasteiger partial charge in [0.2, 0.25) is 0 Å². The van der Waals surface area contributed by atoms with Crippen LogP contribution in [-0.4, -0.2) is 32.5 Å². The maximum Gasteiger partial charge on any atom is 0.177 e. The highest BCUT2D eigenvalue weighted by molar-refractivity contribution is 7.80. The van der Waals surface area contributed by atoms with Crippen molar-refractivity contribution in [3.05, 3.63) is 0 Å². The molecule has 0 amide bonds. The van der Waals surface area contributed by atoms with E-state index in [1.54, 1.807) is 0 Å². The SMILES string of the molecule is [B]NCC12CC(CS)(CO1)C2. The van der Waals surface area contributed by atoms with Crippen molar-refractivity contribution in [3.8, 4) is 0 Å². The smallest absolute Gasteiger partial charge is 0.177 e. The first kappa shape index (κ1) is 7.96. The molecule has 3 aliphatic rings. The third-order valence-corrected chi connectivity index (χ3v) is 3.51. The molecular weight excluding hydrogens is 157 g/mol. The lowest BCUT2D eigenvalue weighted by atomic mass is 9.63. The maximum absolute atomic E-state index is 5.66. The first-order valence-electron chi connectivity index (χ1n) is 3.93. The highest BCUT2D eigenvalue weighted by Gasteiger charge is 2.60. The second-order valence-corrected chi connectivity index (χ2v) is 4.18. The van der Waals surface area contributed by atoms with E-state index >= 15 is 0 Å². The van der Waals surface area contributed by atoms with Gasteiger partial charge in [-0.3, -0.25) is 0 Å². The van der Waals surface area contributed by atoms with Crippen molar-refractivity contribution in [2.75, 3.05) is 18.9 Å². The lowest BCUT2D eigenvalue weighted by Gasteiger charge is -2.43. The number of thiol groups is 1. The van der Waals surface area contributed by atoms with Crippen LogP contribution in [0.25, 0.3) is 0 Å². The molecule has 2 saturated heterocycles. The van der Waals surface area contributed by atoms with Gasteiger partial charge in [0.1, 0.15) is 0 Å². The zero-order chi connectivity index (χ0) is 7.95. The minimum absolute atomic E-state index is 0.0669. The molecule has 60 valence electrons. The van der Waals surface area contributed by atoms with E-state index in [1.165, 1.54) is 0 Å². The third-order valence-electron chi connectivity index (χ3n) is 2.84. The molecule has 0 aromatic carbocycles.